The van der Waals surface area contributed by atoms with Crippen LogP contribution in [0.2, 0.25) is 0 Å². The Morgan fingerprint density at radius 1 is 1.50 bits per heavy atom. The normalized spacial score (nSPS) is 12.8. The summed E-state index contributed by atoms with van der Waals surface area (Å²) in [4.78, 5) is 0. The van der Waals surface area contributed by atoms with Crippen molar-refractivity contribution in [1.29, 1.82) is 0 Å². The molecule has 1 atom stereocenters. The second kappa shape index (κ2) is 6.24. The number of hydrogen-bond donors (Lipinski definition) is 1. The molecule has 80 valence electrons. The van der Waals surface area contributed by atoms with Crippen LogP contribution in [0.5, 0.6) is 0 Å². The number of nitrogens with zero attached hydrogens (tertiary/aromatic N) is 2. The topological polar surface area (TPSA) is 37.8 Å². The van der Waals surface area contributed by atoms with Gasteiger partial charge in [0.15, 0.2) is 0 Å². The fraction of sp³-hybridized carbons (Fsp3) is 0.778. The second-order valence-corrected chi connectivity index (χ2v) is 5.37. The molecule has 0 amide bonds. The van der Waals surface area contributed by atoms with Gasteiger partial charge in [0.2, 0.25) is 5.13 Å². The lowest BCUT2D eigenvalue weighted by Crippen LogP contribution is -1.95. The van der Waals surface area contributed by atoms with Crippen LogP contribution in [0.15, 0.2) is 0 Å². The Labute approximate surface area is 93.7 Å². The molecule has 0 saturated carbocycles. The van der Waals surface area contributed by atoms with Crippen LogP contribution < -0.4 is 5.32 Å². The van der Waals surface area contributed by atoms with Crippen LogP contribution >= 0.6 is 23.1 Å². The van der Waals surface area contributed by atoms with E-state index in [4.69, 9.17) is 0 Å². The first-order chi connectivity index (χ1) is 6.76. The molecule has 0 spiro atoms. The number of aromatic nitrogens is 2. The monoisotopic (exact) mass is 231 g/mol. The minimum Gasteiger partial charge on any atom is -0.363 e. The Bertz CT molecular complexity index is 262. The lowest BCUT2D eigenvalue weighted by molar-refractivity contribution is 0.637. The van der Waals surface area contributed by atoms with Crippen molar-refractivity contribution in [1.82, 2.24) is 10.2 Å². The third-order valence-corrected chi connectivity index (χ3v) is 4.41. The molecule has 1 rings (SSSR count). The highest BCUT2D eigenvalue weighted by molar-refractivity contribution is 7.98. The van der Waals surface area contributed by atoms with Crippen molar-refractivity contribution in [2.24, 2.45) is 5.92 Å². The van der Waals surface area contributed by atoms with E-state index in [0.717, 1.165) is 21.8 Å². The van der Waals surface area contributed by atoms with E-state index < -0.39 is 0 Å². The van der Waals surface area contributed by atoms with Gasteiger partial charge < -0.3 is 5.32 Å². The van der Waals surface area contributed by atoms with Crippen molar-refractivity contribution in [3.8, 4) is 0 Å². The molecule has 14 heavy (non-hydrogen) atoms. The number of thioether (sulfide) groups is 1. The molecular weight excluding hydrogens is 214 g/mol. The maximum absolute atomic E-state index is 4.09. The fourth-order valence-corrected chi connectivity index (χ4v) is 2.84. The molecule has 1 unspecified atom stereocenters. The van der Waals surface area contributed by atoms with Crippen molar-refractivity contribution in [3.05, 3.63) is 5.01 Å². The molecule has 0 aliphatic carbocycles. The number of nitrogens with one attached hydrogen (secondary N) is 1. The zero-order valence-corrected chi connectivity index (χ0v) is 10.5. The highest BCUT2D eigenvalue weighted by Crippen LogP contribution is 2.21. The molecule has 0 aromatic carbocycles. The first-order valence-electron chi connectivity index (χ1n) is 4.84. The smallest absolute Gasteiger partial charge is 0.205 e. The molecule has 1 aromatic rings. The van der Waals surface area contributed by atoms with E-state index in [-0.39, 0.29) is 0 Å². The van der Waals surface area contributed by atoms with E-state index in [1.807, 2.05) is 18.8 Å². The Morgan fingerprint density at radius 3 is 2.86 bits per heavy atom. The lowest BCUT2D eigenvalue weighted by atomic mass is 10.2. The van der Waals surface area contributed by atoms with Gasteiger partial charge in [-0.05, 0) is 11.7 Å². The summed E-state index contributed by atoms with van der Waals surface area (Å²) in [5, 5.41) is 13.1. The van der Waals surface area contributed by atoms with Gasteiger partial charge in [-0.3, -0.25) is 0 Å². The summed E-state index contributed by atoms with van der Waals surface area (Å²) in [5.74, 6) is 3.01. The Morgan fingerprint density at radius 2 is 2.29 bits per heavy atom. The van der Waals surface area contributed by atoms with Crippen molar-refractivity contribution in [3.63, 3.8) is 0 Å². The van der Waals surface area contributed by atoms with Crippen molar-refractivity contribution in [2.75, 3.05) is 18.1 Å². The number of rotatable bonds is 6. The number of anilines is 1. The van der Waals surface area contributed by atoms with Crippen LogP contribution in [0.1, 0.15) is 25.3 Å². The molecular formula is C9H17N3S2. The molecule has 1 aromatic heterocycles. The van der Waals surface area contributed by atoms with E-state index in [1.165, 1.54) is 12.2 Å². The largest absolute Gasteiger partial charge is 0.363 e. The van der Waals surface area contributed by atoms with Gasteiger partial charge in [0.25, 0.3) is 0 Å². The third-order valence-electron chi connectivity index (χ3n) is 2.01. The van der Waals surface area contributed by atoms with Gasteiger partial charge in [0.1, 0.15) is 5.01 Å². The minimum atomic E-state index is 0.802. The Balaban J connectivity index is 2.24. The van der Waals surface area contributed by atoms with Crippen LogP contribution in [0.25, 0.3) is 0 Å². The highest BCUT2D eigenvalue weighted by Gasteiger charge is 2.04. The molecule has 0 fully saturated rings. The van der Waals surface area contributed by atoms with Gasteiger partial charge in [-0.2, -0.15) is 11.8 Å². The van der Waals surface area contributed by atoms with Crippen LogP contribution in [0.4, 0.5) is 5.13 Å². The second-order valence-electron chi connectivity index (χ2n) is 3.28. The van der Waals surface area contributed by atoms with Gasteiger partial charge in [0.05, 0.1) is 0 Å². The van der Waals surface area contributed by atoms with Gasteiger partial charge in [0, 0.05) is 12.8 Å². The predicted molar refractivity (Wildman–Crippen MR) is 65.1 cm³/mol. The van der Waals surface area contributed by atoms with Crippen molar-refractivity contribution >= 4 is 28.2 Å². The van der Waals surface area contributed by atoms with E-state index in [0.29, 0.717) is 0 Å². The summed E-state index contributed by atoms with van der Waals surface area (Å²) in [7, 11) is 1.87. The van der Waals surface area contributed by atoms with Crippen LogP contribution in [0, 0.1) is 5.92 Å². The predicted octanol–water partition coefficient (Wildman–Crippen LogP) is 2.86. The van der Waals surface area contributed by atoms with Crippen LogP contribution in [-0.2, 0) is 5.75 Å². The summed E-state index contributed by atoms with van der Waals surface area (Å²) in [5.41, 5.74) is 0. The number of hydrogen-bond acceptors (Lipinski definition) is 5. The lowest BCUT2D eigenvalue weighted by Gasteiger charge is -2.05. The van der Waals surface area contributed by atoms with Gasteiger partial charge in [-0.1, -0.05) is 31.6 Å². The van der Waals surface area contributed by atoms with Crippen molar-refractivity contribution in [2.45, 2.75) is 26.0 Å². The summed E-state index contributed by atoms with van der Waals surface area (Å²) in [6, 6.07) is 0. The minimum absolute atomic E-state index is 0.802. The SMILES string of the molecule is CCC(C)CSCc1nnc(NC)s1. The molecule has 0 aliphatic heterocycles. The van der Waals surface area contributed by atoms with Gasteiger partial charge in [-0.25, -0.2) is 0 Å². The first-order valence-corrected chi connectivity index (χ1v) is 6.81. The molecule has 0 aliphatic rings. The van der Waals surface area contributed by atoms with Gasteiger partial charge >= 0.3 is 0 Å². The summed E-state index contributed by atoms with van der Waals surface area (Å²) < 4.78 is 0. The van der Waals surface area contributed by atoms with E-state index in [1.54, 1.807) is 11.3 Å². The zero-order valence-electron chi connectivity index (χ0n) is 8.91. The standard InChI is InChI=1S/C9H17N3S2/c1-4-7(2)5-13-6-8-11-12-9(10-3)14-8/h7H,4-6H2,1-3H3,(H,10,12). The Hall–Kier alpha value is -0.290. The quantitative estimate of drug-likeness (QED) is 0.817. The maximum atomic E-state index is 4.09. The van der Waals surface area contributed by atoms with Gasteiger partial charge in [-0.15, -0.1) is 10.2 Å². The molecule has 0 saturated heterocycles. The molecule has 5 heteroatoms. The molecule has 0 radical (unpaired) electrons. The van der Waals surface area contributed by atoms with E-state index in [2.05, 4.69) is 29.4 Å². The average molecular weight is 231 g/mol. The van der Waals surface area contributed by atoms with Crippen LogP contribution in [0.3, 0.4) is 0 Å². The first kappa shape index (κ1) is 11.8. The maximum Gasteiger partial charge on any atom is 0.205 e. The molecule has 1 N–H and O–H groups in total. The summed E-state index contributed by atoms with van der Waals surface area (Å²) in [6.07, 6.45) is 1.25. The molecule has 0 bridgehead atoms. The summed E-state index contributed by atoms with van der Waals surface area (Å²) >= 11 is 3.58. The molecule has 3 nitrogen and oxygen atoms in total. The Kier molecular flexibility index (Phi) is 5.25. The average Bonchev–Trinajstić information content (AvgIpc) is 2.65. The third kappa shape index (κ3) is 3.84. The highest BCUT2D eigenvalue weighted by atomic mass is 32.2. The van der Waals surface area contributed by atoms with E-state index >= 15 is 0 Å². The molecule has 1 heterocycles. The van der Waals surface area contributed by atoms with E-state index in [9.17, 15) is 0 Å². The summed E-state index contributed by atoms with van der Waals surface area (Å²) in [6.45, 7) is 4.52. The van der Waals surface area contributed by atoms with Crippen molar-refractivity contribution < 1.29 is 0 Å². The van der Waals surface area contributed by atoms with Crippen LogP contribution in [-0.4, -0.2) is 23.0 Å². The zero-order chi connectivity index (χ0) is 10.4. The fourth-order valence-electron chi connectivity index (χ4n) is 0.878.